The van der Waals surface area contributed by atoms with Crippen LogP contribution < -0.4 is 0 Å². The Morgan fingerprint density at radius 2 is 1.62 bits per heavy atom. The second kappa shape index (κ2) is 5.85. The fraction of sp³-hybridized carbons (Fsp3) is 0.875. The molecule has 0 aliphatic carbocycles. The maximum absolute atomic E-state index is 12.1. The predicted octanol–water partition coefficient (Wildman–Crippen LogP) is 3.52. The first kappa shape index (κ1) is 17.8. The van der Waals surface area contributed by atoms with Gasteiger partial charge in [0.1, 0.15) is 5.60 Å². The predicted molar refractivity (Wildman–Crippen MR) is 81.2 cm³/mol. The van der Waals surface area contributed by atoms with Gasteiger partial charge in [-0.25, -0.2) is 4.79 Å². The molecule has 0 bridgehead atoms. The Kier molecular flexibility index (Phi) is 4.96. The van der Waals surface area contributed by atoms with Gasteiger partial charge in [-0.05, 0) is 45.4 Å². The highest BCUT2D eigenvalue weighted by molar-refractivity contribution is 5.76. The summed E-state index contributed by atoms with van der Waals surface area (Å²) in [5.74, 6) is -0.752. The Hall–Kier alpha value is -1.26. The number of hydrogen-bond donors (Lipinski definition) is 1. The molecule has 0 radical (unpaired) electrons. The molecule has 122 valence electrons. The third kappa shape index (κ3) is 3.69. The van der Waals surface area contributed by atoms with Crippen molar-refractivity contribution in [3.63, 3.8) is 0 Å². The number of nitrogens with zero attached hydrogens (tertiary/aromatic N) is 1. The molecule has 0 aromatic rings. The van der Waals surface area contributed by atoms with E-state index in [1.807, 2.05) is 41.5 Å². The van der Waals surface area contributed by atoms with Crippen LogP contribution in [-0.4, -0.2) is 40.8 Å². The average molecular weight is 299 g/mol. The molecule has 5 heteroatoms. The van der Waals surface area contributed by atoms with E-state index in [2.05, 4.69) is 0 Å². The molecule has 1 aliphatic rings. The molecule has 0 spiro atoms. The Bertz CT molecular complexity index is 401. The first-order chi connectivity index (χ1) is 9.45. The first-order valence-corrected chi connectivity index (χ1v) is 7.66. The number of carboxylic acids is 1. The number of carbonyl (C=O) groups is 2. The summed E-state index contributed by atoms with van der Waals surface area (Å²) in [6.45, 7) is 12.4. The number of ether oxygens (including phenoxy) is 1. The lowest BCUT2D eigenvalue weighted by atomic mass is 9.59. The van der Waals surface area contributed by atoms with Crippen LogP contribution in [0.5, 0.6) is 0 Å². The molecular weight excluding hydrogens is 270 g/mol. The molecule has 0 aromatic carbocycles. The largest absolute Gasteiger partial charge is 0.481 e. The number of rotatable bonds is 3. The fourth-order valence-corrected chi connectivity index (χ4v) is 2.92. The summed E-state index contributed by atoms with van der Waals surface area (Å²) in [6, 6.07) is 0. The zero-order valence-corrected chi connectivity index (χ0v) is 14.2. The van der Waals surface area contributed by atoms with Crippen molar-refractivity contribution in [1.82, 2.24) is 4.90 Å². The second-order valence-corrected chi connectivity index (χ2v) is 7.59. The van der Waals surface area contributed by atoms with Crippen molar-refractivity contribution in [2.24, 2.45) is 10.8 Å². The lowest BCUT2D eigenvalue weighted by Gasteiger charge is -2.48. The van der Waals surface area contributed by atoms with Crippen LogP contribution in [0.25, 0.3) is 0 Å². The van der Waals surface area contributed by atoms with Crippen molar-refractivity contribution in [2.75, 3.05) is 13.1 Å². The molecule has 1 aliphatic heterocycles. The van der Waals surface area contributed by atoms with E-state index in [0.29, 0.717) is 25.9 Å². The molecule has 21 heavy (non-hydrogen) atoms. The van der Waals surface area contributed by atoms with Gasteiger partial charge in [-0.3, -0.25) is 4.79 Å². The number of aliphatic carboxylic acids is 1. The Balaban J connectivity index is 2.81. The summed E-state index contributed by atoms with van der Waals surface area (Å²) in [5, 5.41) is 9.73. The van der Waals surface area contributed by atoms with Gasteiger partial charge in [-0.2, -0.15) is 0 Å². The molecule has 0 aromatic heterocycles. The quantitative estimate of drug-likeness (QED) is 0.865. The summed E-state index contributed by atoms with van der Waals surface area (Å²) < 4.78 is 5.36. The average Bonchev–Trinajstić information content (AvgIpc) is 2.36. The number of carbonyl (C=O) groups excluding carboxylic acids is 1. The van der Waals surface area contributed by atoms with Gasteiger partial charge in [0, 0.05) is 13.1 Å². The van der Waals surface area contributed by atoms with Crippen LogP contribution in [0, 0.1) is 10.8 Å². The van der Waals surface area contributed by atoms with Crippen LogP contribution in [0.2, 0.25) is 0 Å². The Labute approximate surface area is 127 Å². The summed E-state index contributed by atoms with van der Waals surface area (Å²) in [6.07, 6.45) is 1.40. The van der Waals surface area contributed by atoms with E-state index < -0.39 is 17.0 Å². The topological polar surface area (TPSA) is 66.8 Å². The van der Waals surface area contributed by atoms with Crippen LogP contribution in [0.3, 0.4) is 0 Å². The van der Waals surface area contributed by atoms with Crippen molar-refractivity contribution in [3.8, 4) is 0 Å². The van der Waals surface area contributed by atoms with Crippen molar-refractivity contribution >= 4 is 12.1 Å². The van der Waals surface area contributed by atoms with Crippen molar-refractivity contribution in [3.05, 3.63) is 0 Å². The van der Waals surface area contributed by atoms with Gasteiger partial charge in [-0.15, -0.1) is 0 Å². The van der Waals surface area contributed by atoms with E-state index in [0.717, 1.165) is 6.42 Å². The maximum atomic E-state index is 12.1. The van der Waals surface area contributed by atoms with Crippen LogP contribution in [0.15, 0.2) is 0 Å². The van der Waals surface area contributed by atoms with Gasteiger partial charge in [-0.1, -0.05) is 20.8 Å². The standard InChI is InChI=1S/C16H29NO4/c1-7-15(5,6)16(12(18)19)8-10-17(11-9-16)13(20)21-14(2,3)4/h7-11H2,1-6H3,(H,18,19). The van der Waals surface area contributed by atoms with Crippen molar-refractivity contribution in [1.29, 1.82) is 0 Å². The van der Waals surface area contributed by atoms with Gasteiger partial charge in [0.15, 0.2) is 0 Å². The molecule has 0 saturated carbocycles. The summed E-state index contributed by atoms with van der Waals surface area (Å²) in [4.78, 5) is 25.5. The minimum Gasteiger partial charge on any atom is -0.481 e. The lowest BCUT2D eigenvalue weighted by Crippen LogP contribution is -2.53. The normalized spacial score (nSPS) is 19.2. The SMILES string of the molecule is CCC(C)(C)C1(C(=O)O)CCN(C(=O)OC(C)(C)C)CC1. The van der Waals surface area contributed by atoms with E-state index in [1.54, 1.807) is 4.90 Å². The number of hydrogen-bond acceptors (Lipinski definition) is 3. The first-order valence-electron chi connectivity index (χ1n) is 7.66. The van der Waals surface area contributed by atoms with Gasteiger partial charge in [0.2, 0.25) is 0 Å². The molecule has 5 nitrogen and oxygen atoms in total. The van der Waals surface area contributed by atoms with Crippen LogP contribution >= 0.6 is 0 Å². The highest BCUT2D eigenvalue weighted by atomic mass is 16.6. The highest BCUT2D eigenvalue weighted by Crippen LogP contribution is 2.49. The molecule has 1 rings (SSSR count). The van der Waals surface area contributed by atoms with Crippen molar-refractivity contribution < 1.29 is 19.4 Å². The van der Waals surface area contributed by atoms with Crippen LogP contribution in [0.1, 0.15) is 60.8 Å². The van der Waals surface area contributed by atoms with Gasteiger partial charge >= 0.3 is 12.1 Å². The third-order valence-corrected chi connectivity index (χ3v) is 4.86. The second-order valence-electron chi connectivity index (χ2n) is 7.59. The van der Waals surface area contributed by atoms with Gasteiger partial charge in [0.05, 0.1) is 5.41 Å². The molecule has 0 unspecified atom stereocenters. The molecule has 0 atom stereocenters. The summed E-state index contributed by atoms with van der Waals surface area (Å²) in [7, 11) is 0. The van der Waals surface area contributed by atoms with Gasteiger partial charge in [0.25, 0.3) is 0 Å². The number of likely N-dealkylation sites (tertiary alicyclic amines) is 1. The number of carboxylic acid groups (broad SMARTS) is 1. The smallest absolute Gasteiger partial charge is 0.410 e. The van der Waals surface area contributed by atoms with E-state index in [4.69, 9.17) is 4.74 Å². The Morgan fingerprint density at radius 1 is 1.14 bits per heavy atom. The fourth-order valence-electron chi connectivity index (χ4n) is 2.92. The van der Waals surface area contributed by atoms with Crippen LogP contribution in [0.4, 0.5) is 4.79 Å². The van der Waals surface area contributed by atoms with E-state index >= 15 is 0 Å². The van der Waals surface area contributed by atoms with E-state index in [9.17, 15) is 14.7 Å². The molecule has 1 heterocycles. The lowest BCUT2D eigenvalue weighted by molar-refractivity contribution is -0.162. The summed E-state index contributed by atoms with van der Waals surface area (Å²) >= 11 is 0. The Morgan fingerprint density at radius 3 is 1.95 bits per heavy atom. The maximum Gasteiger partial charge on any atom is 0.410 e. The van der Waals surface area contributed by atoms with Gasteiger partial charge < -0.3 is 14.7 Å². The molecule has 1 saturated heterocycles. The number of amides is 1. The monoisotopic (exact) mass is 299 g/mol. The zero-order valence-electron chi connectivity index (χ0n) is 14.2. The molecule has 1 fully saturated rings. The van der Waals surface area contributed by atoms with Crippen molar-refractivity contribution in [2.45, 2.75) is 66.4 Å². The van der Waals surface area contributed by atoms with E-state index in [-0.39, 0.29) is 11.5 Å². The molecular formula is C16H29NO4. The van der Waals surface area contributed by atoms with Crippen LogP contribution in [-0.2, 0) is 9.53 Å². The molecule has 1 N–H and O–H groups in total. The third-order valence-electron chi connectivity index (χ3n) is 4.86. The molecule has 1 amide bonds. The zero-order chi connectivity index (χ0) is 16.5. The highest BCUT2D eigenvalue weighted by Gasteiger charge is 2.52. The summed E-state index contributed by atoms with van der Waals surface area (Å²) in [5.41, 5.74) is -1.58. The number of piperidine rings is 1. The minimum atomic E-state index is -0.764. The minimum absolute atomic E-state index is 0.293. The van der Waals surface area contributed by atoms with E-state index in [1.165, 1.54) is 0 Å².